The van der Waals surface area contributed by atoms with Crippen LogP contribution in [0.5, 0.6) is 0 Å². The van der Waals surface area contributed by atoms with Gasteiger partial charge in [-0.1, -0.05) is 158 Å². The number of hydrogen-bond acceptors (Lipinski definition) is 0. The maximum absolute atomic E-state index is 2.40. The summed E-state index contributed by atoms with van der Waals surface area (Å²) in [5, 5.41) is 12.6. The van der Waals surface area contributed by atoms with Gasteiger partial charge in [0.05, 0.1) is 0 Å². The Bertz CT molecular complexity index is 2780. The summed E-state index contributed by atoms with van der Waals surface area (Å²) < 4.78 is 0. The fourth-order valence-electron chi connectivity index (χ4n) is 7.94. The molecule has 0 aliphatic heterocycles. The lowest BCUT2D eigenvalue weighted by Gasteiger charge is -2.19. The van der Waals surface area contributed by atoms with Crippen molar-refractivity contribution in [3.8, 4) is 44.5 Å². The molecule has 0 nitrogen and oxygen atoms in total. The molecule has 240 valence electrons. The smallest absolute Gasteiger partial charge is 0.00259 e. The molecular weight excluding hydrogens is 633 g/mol. The molecule has 0 aliphatic rings. The lowest BCUT2D eigenvalue weighted by Crippen LogP contribution is -1.92. The molecule has 10 rings (SSSR count). The molecule has 0 spiro atoms. The van der Waals surface area contributed by atoms with Crippen LogP contribution >= 0.6 is 13.5 Å². The SMILES string of the molecule is S.c1ccc2cc(-c3cc(-c4ccc5ccccc5c4)cc(-c4c5ccccc5c(-c5ccc6ccccc6c5)c5ccccc45)c3)ccc2c1. The van der Waals surface area contributed by atoms with E-state index in [1.807, 2.05) is 0 Å². The molecule has 1 heteroatoms. The van der Waals surface area contributed by atoms with Crippen LogP contribution in [0.3, 0.4) is 0 Å². The highest BCUT2D eigenvalue weighted by Gasteiger charge is 2.18. The van der Waals surface area contributed by atoms with E-state index in [2.05, 4.69) is 194 Å². The summed E-state index contributed by atoms with van der Waals surface area (Å²) in [4.78, 5) is 0. The van der Waals surface area contributed by atoms with Crippen molar-refractivity contribution in [2.45, 2.75) is 0 Å². The lowest BCUT2D eigenvalue weighted by atomic mass is 9.84. The van der Waals surface area contributed by atoms with Gasteiger partial charge in [0.25, 0.3) is 0 Å². The molecule has 0 saturated heterocycles. The summed E-state index contributed by atoms with van der Waals surface area (Å²) in [7, 11) is 0. The van der Waals surface area contributed by atoms with Crippen LogP contribution in [-0.2, 0) is 0 Å². The van der Waals surface area contributed by atoms with Gasteiger partial charge in [0, 0.05) is 0 Å². The van der Waals surface area contributed by atoms with E-state index in [4.69, 9.17) is 0 Å². The molecule has 0 bridgehead atoms. The molecule has 0 radical (unpaired) electrons. The van der Waals surface area contributed by atoms with Gasteiger partial charge in [-0.2, -0.15) is 13.5 Å². The fraction of sp³-hybridized carbons (Fsp3) is 0. The molecule has 10 aromatic rings. The minimum absolute atomic E-state index is 0. The van der Waals surface area contributed by atoms with Crippen LogP contribution in [0.25, 0.3) is 98.4 Å². The molecule has 0 aliphatic carbocycles. The van der Waals surface area contributed by atoms with Crippen LogP contribution in [0.4, 0.5) is 0 Å². The zero-order valence-electron chi connectivity index (χ0n) is 28.0. The van der Waals surface area contributed by atoms with Gasteiger partial charge < -0.3 is 0 Å². The van der Waals surface area contributed by atoms with Gasteiger partial charge in [0.2, 0.25) is 0 Å². The highest BCUT2D eigenvalue weighted by atomic mass is 32.1. The van der Waals surface area contributed by atoms with E-state index in [-0.39, 0.29) is 13.5 Å². The average Bonchev–Trinajstić information content (AvgIpc) is 3.19. The van der Waals surface area contributed by atoms with Crippen molar-refractivity contribution in [2.75, 3.05) is 0 Å². The molecule has 0 unspecified atom stereocenters. The van der Waals surface area contributed by atoms with E-state index in [1.165, 1.54) is 98.4 Å². The largest absolute Gasteiger partial charge is 0.197 e. The molecule has 10 aromatic carbocycles. The first kappa shape index (κ1) is 30.9. The third-order valence-electron chi connectivity index (χ3n) is 10.4. The van der Waals surface area contributed by atoms with Crippen molar-refractivity contribution in [2.24, 2.45) is 0 Å². The second kappa shape index (κ2) is 12.6. The number of hydrogen-bond donors (Lipinski definition) is 0. The minimum atomic E-state index is 0. The van der Waals surface area contributed by atoms with E-state index < -0.39 is 0 Å². The van der Waals surface area contributed by atoms with E-state index in [0.29, 0.717) is 0 Å². The average molecular weight is 667 g/mol. The summed E-state index contributed by atoms with van der Waals surface area (Å²) in [6.45, 7) is 0. The van der Waals surface area contributed by atoms with Crippen molar-refractivity contribution in [1.82, 2.24) is 0 Å². The van der Waals surface area contributed by atoms with E-state index in [1.54, 1.807) is 0 Å². The van der Waals surface area contributed by atoms with Crippen molar-refractivity contribution < 1.29 is 0 Å². The summed E-state index contributed by atoms with van der Waals surface area (Å²) >= 11 is 0. The zero-order valence-corrected chi connectivity index (χ0v) is 29.0. The minimum Gasteiger partial charge on any atom is -0.197 e. The van der Waals surface area contributed by atoms with Gasteiger partial charge >= 0.3 is 0 Å². The molecular formula is C50H34S. The Morgan fingerprint density at radius 2 is 0.490 bits per heavy atom. The molecule has 0 amide bonds. The maximum Gasteiger partial charge on any atom is -0.00259 e. The van der Waals surface area contributed by atoms with Crippen molar-refractivity contribution >= 4 is 67.4 Å². The Morgan fingerprint density at radius 1 is 0.196 bits per heavy atom. The monoisotopic (exact) mass is 666 g/mol. The van der Waals surface area contributed by atoms with Crippen LogP contribution in [0.15, 0.2) is 194 Å². The van der Waals surface area contributed by atoms with Crippen molar-refractivity contribution in [3.63, 3.8) is 0 Å². The van der Waals surface area contributed by atoms with Crippen LogP contribution in [0, 0.1) is 0 Å². The quantitative estimate of drug-likeness (QED) is 0.164. The van der Waals surface area contributed by atoms with E-state index in [9.17, 15) is 0 Å². The third kappa shape index (κ3) is 5.35. The molecule has 0 saturated carbocycles. The Balaban J connectivity index is 0.00000348. The third-order valence-corrected chi connectivity index (χ3v) is 10.4. The number of benzene rings is 10. The predicted molar refractivity (Wildman–Crippen MR) is 226 cm³/mol. The highest BCUT2D eigenvalue weighted by Crippen LogP contribution is 2.46. The summed E-state index contributed by atoms with van der Waals surface area (Å²) in [6.07, 6.45) is 0. The van der Waals surface area contributed by atoms with Gasteiger partial charge in [-0.05, 0) is 135 Å². The molecule has 51 heavy (non-hydrogen) atoms. The Morgan fingerprint density at radius 3 is 0.902 bits per heavy atom. The van der Waals surface area contributed by atoms with Crippen molar-refractivity contribution in [1.29, 1.82) is 0 Å². The molecule has 0 atom stereocenters. The molecule has 0 heterocycles. The number of fused-ring (bicyclic) bond motifs is 5. The van der Waals surface area contributed by atoms with E-state index >= 15 is 0 Å². The fourth-order valence-corrected chi connectivity index (χ4v) is 7.94. The maximum atomic E-state index is 2.40. The predicted octanol–water partition coefficient (Wildman–Crippen LogP) is 14.2. The first-order valence-corrected chi connectivity index (χ1v) is 17.3. The highest BCUT2D eigenvalue weighted by molar-refractivity contribution is 7.59. The van der Waals surface area contributed by atoms with Crippen LogP contribution < -0.4 is 0 Å². The number of rotatable bonds is 4. The van der Waals surface area contributed by atoms with Gasteiger partial charge in [-0.25, -0.2) is 0 Å². The normalized spacial score (nSPS) is 11.4. The molecule has 0 aromatic heterocycles. The van der Waals surface area contributed by atoms with Crippen LogP contribution in [-0.4, -0.2) is 0 Å². The van der Waals surface area contributed by atoms with Crippen LogP contribution in [0.1, 0.15) is 0 Å². The molecule has 0 N–H and O–H groups in total. The Kier molecular flexibility index (Phi) is 7.64. The second-order valence-corrected chi connectivity index (χ2v) is 13.3. The van der Waals surface area contributed by atoms with Gasteiger partial charge in [0.15, 0.2) is 0 Å². The summed E-state index contributed by atoms with van der Waals surface area (Å²) in [5.74, 6) is 0. The molecule has 0 fully saturated rings. The Hall–Kier alpha value is -6.15. The standard InChI is InChI=1S/C50H32.H2S/c1-4-14-36-27-39(24-21-33(36)11-1)42-30-43(40-25-22-34-12-2-5-15-37(34)28-40)32-44(31-42)50-47-19-9-7-17-45(47)49(46-18-8-10-20-48(46)50)41-26-23-35-13-3-6-16-38(35)29-41;/h1-32H;1H2. The van der Waals surface area contributed by atoms with Gasteiger partial charge in [0.1, 0.15) is 0 Å². The first-order valence-electron chi connectivity index (χ1n) is 17.3. The van der Waals surface area contributed by atoms with Crippen molar-refractivity contribution in [3.05, 3.63) is 194 Å². The second-order valence-electron chi connectivity index (χ2n) is 13.3. The van der Waals surface area contributed by atoms with Gasteiger partial charge in [-0.15, -0.1) is 0 Å². The van der Waals surface area contributed by atoms with Crippen LogP contribution in [0.2, 0.25) is 0 Å². The summed E-state index contributed by atoms with van der Waals surface area (Å²) in [6, 6.07) is 71.6. The first-order chi connectivity index (χ1) is 24.8. The topological polar surface area (TPSA) is 0 Å². The summed E-state index contributed by atoms with van der Waals surface area (Å²) in [5.41, 5.74) is 9.87. The lowest BCUT2D eigenvalue weighted by molar-refractivity contribution is 1.60. The van der Waals surface area contributed by atoms with E-state index in [0.717, 1.165) is 0 Å². The Labute approximate surface area is 304 Å². The zero-order chi connectivity index (χ0) is 33.0. The van der Waals surface area contributed by atoms with Gasteiger partial charge in [-0.3, -0.25) is 0 Å².